The van der Waals surface area contributed by atoms with Crippen LogP contribution in [0.5, 0.6) is 0 Å². The molecule has 0 spiro atoms. The highest BCUT2D eigenvalue weighted by Gasteiger charge is 2.34. The molecule has 0 aromatic heterocycles. The molecule has 2 nitrogen and oxygen atoms in total. The highest BCUT2D eigenvalue weighted by Crippen LogP contribution is 2.36. The second kappa shape index (κ2) is 5.73. The highest BCUT2D eigenvalue weighted by molar-refractivity contribution is 9.10. The molecule has 0 aliphatic rings. The van der Waals surface area contributed by atoms with E-state index in [1.807, 2.05) is 13.8 Å². The molecule has 1 aromatic rings. The van der Waals surface area contributed by atoms with E-state index in [-0.39, 0.29) is 16.0 Å². The molecule has 0 atom stereocenters. The molecule has 0 unspecified atom stereocenters. The summed E-state index contributed by atoms with van der Waals surface area (Å²) in [6, 6.07) is 3.51. The van der Waals surface area contributed by atoms with Gasteiger partial charge in [0.15, 0.2) is 0 Å². The van der Waals surface area contributed by atoms with Crippen LogP contribution in [0.25, 0.3) is 0 Å². The molecule has 0 aliphatic heterocycles. The number of nitrogens with one attached hydrogen (secondary N) is 1. The first-order valence-electron chi connectivity index (χ1n) is 5.37. The van der Waals surface area contributed by atoms with E-state index in [9.17, 15) is 18.0 Å². The normalized spacial score (nSPS) is 11.7. The van der Waals surface area contributed by atoms with Crippen LogP contribution in [0.4, 0.5) is 13.2 Å². The third-order valence-corrected chi connectivity index (χ3v) is 3.07. The van der Waals surface area contributed by atoms with Crippen LogP contribution in [0, 0.1) is 5.92 Å². The number of alkyl halides is 3. The molecule has 0 saturated carbocycles. The quantitative estimate of drug-likeness (QED) is 0.899. The van der Waals surface area contributed by atoms with Gasteiger partial charge in [0.25, 0.3) is 5.91 Å². The van der Waals surface area contributed by atoms with Crippen LogP contribution in [0.15, 0.2) is 22.7 Å². The monoisotopic (exact) mass is 323 g/mol. The standard InChI is InChI=1S/C12H13BrF3NO/c1-7(2)6-17-11(18)8-4-3-5-9(10(8)13)12(14,15)16/h3-5,7H,6H2,1-2H3,(H,17,18). The minimum atomic E-state index is -4.48. The Bertz CT molecular complexity index is 443. The van der Waals surface area contributed by atoms with Gasteiger partial charge in [-0.2, -0.15) is 13.2 Å². The Morgan fingerprint density at radius 1 is 1.39 bits per heavy atom. The number of rotatable bonds is 3. The average Bonchev–Trinajstić information content (AvgIpc) is 2.24. The van der Waals surface area contributed by atoms with Gasteiger partial charge in [-0.3, -0.25) is 4.79 Å². The summed E-state index contributed by atoms with van der Waals surface area (Å²) in [6.45, 7) is 4.23. The van der Waals surface area contributed by atoms with E-state index in [4.69, 9.17) is 0 Å². The summed E-state index contributed by atoms with van der Waals surface area (Å²) in [5, 5.41) is 2.58. The Hall–Kier alpha value is -1.04. The zero-order chi connectivity index (χ0) is 13.9. The minimum Gasteiger partial charge on any atom is -0.352 e. The van der Waals surface area contributed by atoms with E-state index in [2.05, 4.69) is 21.2 Å². The number of amides is 1. The highest BCUT2D eigenvalue weighted by atomic mass is 79.9. The van der Waals surface area contributed by atoms with Gasteiger partial charge >= 0.3 is 6.18 Å². The van der Waals surface area contributed by atoms with Gasteiger partial charge in [0, 0.05) is 11.0 Å². The molecule has 1 N–H and O–H groups in total. The van der Waals surface area contributed by atoms with E-state index >= 15 is 0 Å². The van der Waals surface area contributed by atoms with Crippen LogP contribution >= 0.6 is 15.9 Å². The van der Waals surface area contributed by atoms with Gasteiger partial charge in [0.05, 0.1) is 11.1 Å². The molecule has 0 heterocycles. The van der Waals surface area contributed by atoms with Gasteiger partial charge in [-0.1, -0.05) is 19.9 Å². The van der Waals surface area contributed by atoms with Crippen LogP contribution in [-0.4, -0.2) is 12.5 Å². The maximum Gasteiger partial charge on any atom is 0.417 e. The number of carbonyl (C=O) groups excluding carboxylic acids is 1. The lowest BCUT2D eigenvalue weighted by atomic mass is 10.1. The third kappa shape index (κ3) is 3.73. The molecule has 18 heavy (non-hydrogen) atoms. The Labute approximate surface area is 112 Å². The Balaban J connectivity index is 3.01. The summed E-state index contributed by atoms with van der Waals surface area (Å²) >= 11 is 2.84. The first kappa shape index (κ1) is 15.0. The van der Waals surface area contributed by atoms with Crippen LogP contribution in [-0.2, 0) is 6.18 Å². The van der Waals surface area contributed by atoms with Crippen molar-refractivity contribution in [3.63, 3.8) is 0 Å². The molecule has 0 aliphatic carbocycles. The molecule has 1 amide bonds. The topological polar surface area (TPSA) is 29.1 Å². The first-order chi connectivity index (χ1) is 8.23. The Kier molecular flexibility index (Phi) is 4.78. The molecule has 0 bridgehead atoms. The van der Waals surface area contributed by atoms with Crippen molar-refractivity contribution in [3.05, 3.63) is 33.8 Å². The molecular formula is C12H13BrF3NO. The van der Waals surface area contributed by atoms with Gasteiger partial charge in [0.1, 0.15) is 0 Å². The predicted octanol–water partition coefficient (Wildman–Crippen LogP) is 3.85. The van der Waals surface area contributed by atoms with E-state index in [0.29, 0.717) is 6.54 Å². The number of benzene rings is 1. The zero-order valence-corrected chi connectivity index (χ0v) is 11.5. The zero-order valence-electron chi connectivity index (χ0n) is 9.94. The van der Waals surface area contributed by atoms with Crippen molar-refractivity contribution in [1.82, 2.24) is 5.32 Å². The van der Waals surface area contributed by atoms with Gasteiger partial charge in [-0.05, 0) is 34.0 Å². The van der Waals surface area contributed by atoms with Crippen molar-refractivity contribution in [2.24, 2.45) is 5.92 Å². The fraction of sp³-hybridized carbons (Fsp3) is 0.417. The number of hydrogen-bond acceptors (Lipinski definition) is 1. The maximum atomic E-state index is 12.6. The van der Waals surface area contributed by atoms with Crippen LogP contribution in [0.3, 0.4) is 0 Å². The van der Waals surface area contributed by atoms with Crippen LogP contribution < -0.4 is 5.32 Å². The maximum absolute atomic E-state index is 12.6. The van der Waals surface area contributed by atoms with Crippen molar-refractivity contribution < 1.29 is 18.0 Å². The van der Waals surface area contributed by atoms with Gasteiger partial charge in [-0.25, -0.2) is 0 Å². The van der Waals surface area contributed by atoms with Crippen molar-refractivity contribution in [2.75, 3.05) is 6.54 Å². The second-order valence-corrected chi connectivity index (χ2v) is 5.06. The molecule has 100 valence electrons. The molecule has 1 aromatic carbocycles. The Morgan fingerprint density at radius 2 is 2.00 bits per heavy atom. The van der Waals surface area contributed by atoms with E-state index in [0.717, 1.165) is 6.07 Å². The lowest BCUT2D eigenvalue weighted by molar-refractivity contribution is -0.138. The largest absolute Gasteiger partial charge is 0.417 e. The molecule has 6 heteroatoms. The lowest BCUT2D eigenvalue weighted by Crippen LogP contribution is -2.28. The van der Waals surface area contributed by atoms with Crippen molar-refractivity contribution >= 4 is 21.8 Å². The van der Waals surface area contributed by atoms with E-state index < -0.39 is 17.6 Å². The van der Waals surface area contributed by atoms with Gasteiger partial charge in [-0.15, -0.1) is 0 Å². The van der Waals surface area contributed by atoms with Gasteiger partial charge < -0.3 is 5.32 Å². The summed E-state index contributed by atoms with van der Waals surface area (Å²) < 4.78 is 37.7. The van der Waals surface area contributed by atoms with Crippen LogP contribution in [0.2, 0.25) is 0 Å². The molecule has 0 saturated heterocycles. The van der Waals surface area contributed by atoms with Crippen molar-refractivity contribution in [2.45, 2.75) is 20.0 Å². The van der Waals surface area contributed by atoms with E-state index in [1.54, 1.807) is 0 Å². The fourth-order valence-electron chi connectivity index (χ4n) is 1.32. The summed E-state index contributed by atoms with van der Waals surface area (Å²) in [5.41, 5.74) is -0.856. The van der Waals surface area contributed by atoms with E-state index in [1.165, 1.54) is 12.1 Å². The third-order valence-electron chi connectivity index (χ3n) is 2.22. The average molecular weight is 324 g/mol. The van der Waals surface area contributed by atoms with Crippen LogP contribution in [0.1, 0.15) is 29.8 Å². The summed E-state index contributed by atoms with van der Waals surface area (Å²) in [6.07, 6.45) is -4.48. The molecule has 0 radical (unpaired) electrons. The SMILES string of the molecule is CC(C)CNC(=O)c1cccc(C(F)(F)F)c1Br. The molecule has 1 rings (SSSR count). The second-order valence-electron chi connectivity index (χ2n) is 4.27. The molecular weight excluding hydrogens is 311 g/mol. The van der Waals surface area contributed by atoms with Crippen molar-refractivity contribution in [3.8, 4) is 0 Å². The fourth-order valence-corrected chi connectivity index (χ4v) is 1.99. The smallest absolute Gasteiger partial charge is 0.352 e. The summed E-state index contributed by atoms with van der Waals surface area (Å²) in [7, 11) is 0. The predicted molar refractivity (Wildman–Crippen MR) is 66.3 cm³/mol. The first-order valence-corrected chi connectivity index (χ1v) is 6.16. The van der Waals surface area contributed by atoms with Gasteiger partial charge in [0.2, 0.25) is 0 Å². The summed E-state index contributed by atoms with van der Waals surface area (Å²) in [4.78, 5) is 11.7. The summed E-state index contributed by atoms with van der Waals surface area (Å²) in [5.74, 6) is -0.278. The lowest BCUT2D eigenvalue weighted by Gasteiger charge is -2.13. The number of halogens is 4. The number of hydrogen-bond donors (Lipinski definition) is 1. The van der Waals surface area contributed by atoms with Crippen molar-refractivity contribution in [1.29, 1.82) is 0 Å². The molecule has 0 fully saturated rings. The minimum absolute atomic E-state index is 0.00882. The Morgan fingerprint density at radius 3 is 2.50 bits per heavy atom. The number of carbonyl (C=O) groups is 1.